The van der Waals surface area contributed by atoms with Crippen molar-refractivity contribution in [2.24, 2.45) is 0 Å². The zero-order valence-electron chi connectivity index (χ0n) is 13.4. The summed E-state index contributed by atoms with van der Waals surface area (Å²) in [4.78, 5) is 14.4. The minimum atomic E-state index is 0.125. The molecule has 0 radical (unpaired) electrons. The number of para-hydroxylation sites is 1. The lowest BCUT2D eigenvalue weighted by Crippen LogP contribution is -2.41. The Morgan fingerprint density at radius 1 is 1.22 bits per heavy atom. The van der Waals surface area contributed by atoms with Gasteiger partial charge in [0.1, 0.15) is 5.75 Å². The molecule has 1 aliphatic rings. The van der Waals surface area contributed by atoms with Gasteiger partial charge in [-0.3, -0.25) is 4.79 Å². The number of nitrogens with zero attached hydrogens (tertiary/aromatic N) is 1. The third kappa shape index (κ3) is 3.71. The zero-order valence-corrected chi connectivity index (χ0v) is 13.4. The molecule has 0 spiro atoms. The van der Waals surface area contributed by atoms with Crippen LogP contribution >= 0.6 is 0 Å². The van der Waals surface area contributed by atoms with Crippen LogP contribution in [0.25, 0.3) is 0 Å². The van der Waals surface area contributed by atoms with E-state index in [1.54, 1.807) is 7.11 Å². The quantitative estimate of drug-likeness (QED) is 0.923. The van der Waals surface area contributed by atoms with E-state index in [1.165, 1.54) is 5.56 Å². The first-order valence-corrected chi connectivity index (χ1v) is 8.00. The smallest absolute Gasteiger partial charge is 0.240 e. The Bertz CT molecular complexity index is 685. The van der Waals surface area contributed by atoms with Crippen LogP contribution in [-0.2, 0) is 17.8 Å². The van der Waals surface area contributed by atoms with Crippen LogP contribution in [0.1, 0.15) is 17.5 Å². The monoisotopic (exact) mass is 310 g/mol. The predicted octanol–water partition coefficient (Wildman–Crippen LogP) is 2.76. The van der Waals surface area contributed by atoms with Crippen molar-refractivity contribution in [3.05, 3.63) is 59.7 Å². The second-order valence-corrected chi connectivity index (χ2v) is 5.73. The number of hydrogen-bond acceptors (Lipinski definition) is 3. The van der Waals surface area contributed by atoms with Crippen LogP contribution in [0.3, 0.4) is 0 Å². The van der Waals surface area contributed by atoms with Gasteiger partial charge in [-0.1, -0.05) is 30.3 Å². The second-order valence-electron chi connectivity index (χ2n) is 5.73. The summed E-state index contributed by atoms with van der Waals surface area (Å²) in [7, 11) is 1.66. The molecule has 4 nitrogen and oxygen atoms in total. The van der Waals surface area contributed by atoms with Crippen LogP contribution in [-0.4, -0.2) is 26.1 Å². The van der Waals surface area contributed by atoms with Gasteiger partial charge in [0.2, 0.25) is 5.91 Å². The molecule has 23 heavy (non-hydrogen) atoms. The van der Waals surface area contributed by atoms with E-state index >= 15 is 0 Å². The molecule has 0 saturated heterocycles. The molecule has 120 valence electrons. The Hall–Kier alpha value is -2.33. The fraction of sp³-hybridized carbons (Fsp3) is 0.316. The van der Waals surface area contributed by atoms with Crippen LogP contribution in [0.4, 0.5) is 5.69 Å². The summed E-state index contributed by atoms with van der Waals surface area (Å²) in [5, 5.41) is 3.23. The Morgan fingerprint density at radius 2 is 2.09 bits per heavy atom. The summed E-state index contributed by atoms with van der Waals surface area (Å²) < 4.78 is 5.21. The van der Waals surface area contributed by atoms with Gasteiger partial charge >= 0.3 is 0 Å². The summed E-state index contributed by atoms with van der Waals surface area (Å²) in [5.74, 6) is 0.959. The maximum absolute atomic E-state index is 12.5. The lowest BCUT2D eigenvalue weighted by atomic mass is 10.0. The highest BCUT2D eigenvalue weighted by molar-refractivity contribution is 5.95. The van der Waals surface area contributed by atoms with E-state index in [0.717, 1.165) is 36.4 Å². The molecular formula is C19H22N2O2. The minimum absolute atomic E-state index is 0.125. The average Bonchev–Trinajstić information content (AvgIpc) is 2.61. The van der Waals surface area contributed by atoms with Crippen molar-refractivity contribution in [1.82, 2.24) is 5.32 Å². The van der Waals surface area contributed by atoms with E-state index in [-0.39, 0.29) is 5.91 Å². The van der Waals surface area contributed by atoms with Crippen LogP contribution < -0.4 is 15.0 Å². The molecule has 4 heteroatoms. The van der Waals surface area contributed by atoms with Crippen molar-refractivity contribution in [1.29, 1.82) is 0 Å². The summed E-state index contributed by atoms with van der Waals surface area (Å²) in [6.07, 6.45) is 2.08. The number of carbonyl (C=O) groups excluding carboxylic acids is 1. The van der Waals surface area contributed by atoms with E-state index in [0.29, 0.717) is 13.1 Å². The summed E-state index contributed by atoms with van der Waals surface area (Å²) >= 11 is 0. The van der Waals surface area contributed by atoms with Crippen LogP contribution in [0.5, 0.6) is 5.75 Å². The maximum Gasteiger partial charge on any atom is 0.240 e. The van der Waals surface area contributed by atoms with Crippen molar-refractivity contribution in [3.63, 3.8) is 0 Å². The highest BCUT2D eigenvalue weighted by atomic mass is 16.5. The first-order chi connectivity index (χ1) is 11.3. The number of aryl methyl sites for hydroxylation is 1. The van der Waals surface area contributed by atoms with Gasteiger partial charge in [0.15, 0.2) is 0 Å². The average molecular weight is 310 g/mol. The van der Waals surface area contributed by atoms with Gasteiger partial charge in [-0.15, -0.1) is 0 Å². The molecule has 0 atom stereocenters. The standard InChI is InChI=1S/C19H22N2O2/c1-23-17-9-4-6-15(12-17)13-20-14-19(22)21-11-5-8-16-7-2-3-10-18(16)21/h2-4,6-7,9-10,12,20H,5,8,11,13-14H2,1H3. The Balaban J connectivity index is 1.58. The number of rotatable bonds is 5. The molecule has 0 aromatic heterocycles. The number of benzene rings is 2. The van der Waals surface area contributed by atoms with Crippen LogP contribution in [0.2, 0.25) is 0 Å². The highest BCUT2D eigenvalue weighted by Crippen LogP contribution is 2.26. The molecule has 1 aliphatic heterocycles. The first-order valence-electron chi connectivity index (χ1n) is 8.00. The summed E-state index contributed by atoms with van der Waals surface area (Å²) in [6.45, 7) is 1.79. The van der Waals surface area contributed by atoms with Crippen molar-refractivity contribution in [3.8, 4) is 5.75 Å². The number of nitrogens with one attached hydrogen (secondary N) is 1. The molecule has 0 unspecified atom stereocenters. The Kier molecular flexibility index (Phi) is 4.93. The SMILES string of the molecule is COc1cccc(CNCC(=O)N2CCCc3ccccc32)c1. The molecule has 2 aromatic rings. The number of amides is 1. The second kappa shape index (κ2) is 7.29. The number of carbonyl (C=O) groups is 1. The molecule has 0 bridgehead atoms. The molecule has 0 fully saturated rings. The van der Waals surface area contributed by atoms with Gasteiger partial charge in [0, 0.05) is 18.8 Å². The van der Waals surface area contributed by atoms with E-state index in [1.807, 2.05) is 47.4 Å². The number of ether oxygens (including phenoxy) is 1. The number of fused-ring (bicyclic) bond motifs is 1. The van der Waals surface area contributed by atoms with E-state index in [2.05, 4.69) is 11.4 Å². The van der Waals surface area contributed by atoms with Crippen molar-refractivity contribution < 1.29 is 9.53 Å². The lowest BCUT2D eigenvalue weighted by molar-refractivity contribution is -0.117. The summed E-state index contributed by atoms with van der Waals surface area (Å²) in [5.41, 5.74) is 3.43. The molecule has 2 aromatic carbocycles. The van der Waals surface area contributed by atoms with Crippen molar-refractivity contribution in [2.75, 3.05) is 25.1 Å². The van der Waals surface area contributed by atoms with Gasteiger partial charge < -0.3 is 15.0 Å². The minimum Gasteiger partial charge on any atom is -0.497 e. The van der Waals surface area contributed by atoms with E-state index in [9.17, 15) is 4.79 Å². The van der Waals surface area contributed by atoms with Gasteiger partial charge in [-0.2, -0.15) is 0 Å². The molecule has 0 saturated carbocycles. The molecule has 0 aliphatic carbocycles. The largest absolute Gasteiger partial charge is 0.497 e. The summed E-state index contributed by atoms with van der Waals surface area (Å²) in [6, 6.07) is 16.1. The van der Waals surface area contributed by atoms with Gasteiger partial charge in [-0.05, 0) is 42.2 Å². The molecule has 3 rings (SSSR count). The third-order valence-electron chi connectivity index (χ3n) is 4.15. The number of methoxy groups -OCH3 is 1. The molecular weight excluding hydrogens is 288 g/mol. The number of anilines is 1. The molecule has 1 N–H and O–H groups in total. The topological polar surface area (TPSA) is 41.6 Å². The van der Waals surface area contributed by atoms with Gasteiger partial charge in [0.05, 0.1) is 13.7 Å². The molecule has 1 heterocycles. The van der Waals surface area contributed by atoms with E-state index < -0.39 is 0 Å². The Morgan fingerprint density at radius 3 is 2.96 bits per heavy atom. The van der Waals surface area contributed by atoms with Crippen LogP contribution in [0, 0.1) is 0 Å². The maximum atomic E-state index is 12.5. The first kappa shape index (κ1) is 15.6. The predicted molar refractivity (Wildman–Crippen MR) is 91.8 cm³/mol. The normalized spacial score (nSPS) is 13.5. The third-order valence-corrected chi connectivity index (χ3v) is 4.15. The molecule has 1 amide bonds. The fourth-order valence-corrected chi connectivity index (χ4v) is 2.98. The fourth-order valence-electron chi connectivity index (χ4n) is 2.98. The zero-order chi connectivity index (χ0) is 16.1. The van der Waals surface area contributed by atoms with Crippen LogP contribution in [0.15, 0.2) is 48.5 Å². The van der Waals surface area contributed by atoms with Gasteiger partial charge in [0.25, 0.3) is 0 Å². The van der Waals surface area contributed by atoms with Crippen molar-refractivity contribution >= 4 is 11.6 Å². The van der Waals surface area contributed by atoms with E-state index in [4.69, 9.17) is 4.74 Å². The van der Waals surface area contributed by atoms with Crippen molar-refractivity contribution in [2.45, 2.75) is 19.4 Å². The van der Waals surface area contributed by atoms with Gasteiger partial charge in [-0.25, -0.2) is 0 Å². The Labute approximate surface area is 137 Å². The lowest BCUT2D eigenvalue weighted by Gasteiger charge is -2.29. The highest BCUT2D eigenvalue weighted by Gasteiger charge is 2.21. The number of hydrogen-bond donors (Lipinski definition) is 1.